The zero-order chi connectivity index (χ0) is 17.3. The third-order valence-corrected chi connectivity index (χ3v) is 3.47. The number of hydrogen-bond acceptors (Lipinski definition) is 7. The monoisotopic (exact) mass is 326 g/mol. The van der Waals surface area contributed by atoms with Gasteiger partial charge >= 0.3 is 5.97 Å². The summed E-state index contributed by atoms with van der Waals surface area (Å²) in [5, 5.41) is 4.04. The number of nitrogens with zero attached hydrogens (tertiary/aromatic N) is 5. The first kappa shape index (κ1) is 15.7. The van der Waals surface area contributed by atoms with E-state index in [9.17, 15) is 4.79 Å². The van der Waals surface area contributed by atoms with Gasteiger partial charge in [0, 0.05) is 32.1 Å². The maximum atomic E-state index is 12.2. The van der Waals surface area contributed by atoms with Gasteiger partial charge in [0.2, 0.25) is 5.95 Å². The van der Waals surface area contributed by atoms with Crippen LogP contribution in [0.5, 0.6) is 0 Å². The predicted molar refractivity (Wildman–Crippen MR) is 90.9 cm³/mol. The highest BCUT2D eigenvalue weighted by Crippen LogP contribution is 2.26. The summed E-state index contributed by atoms with van der Waals surface area (Å²) < 4.78 is 6.72. The van der Waals surface area contributed by atoms with Crippen LogP contribution in [-0.4, -0.2) is 46.3 Å². The Labute approximate surface area is 138 Å². The van der Waals surface area contributed by atoms with Crippen LogP contribution in [0, 0.1) is 0 Å². The van der Waals surface area contributed by atoms with Crippen molar-refractivity contribution in [3.05, 3.63) is 36.2 Å². The van der Waals surface area contributed by atoms with E-state index in [0.29, 0.717) is 23.6 Å². The van der Waals surface area contributed by atoms with Crippen molar-refractivity contribution < 1.29 is 9.53 Å². The summed E-state index contributed by atoms with van der Waals surface area (Å²) in [6.07, 6.45) is 3.47. The van der Waals surface area contributed by atoms with Gasteiger partial charge < -0.3 is 15.4 Å². The Kier molecular flexibility index (Phi) is 4.03. The topological polar surface area (TPSA) is 98.6 Å². The highest BCUT2D eigenvalue weighted by molar-refractivity contribution is 5.96. The van der Waals surface area contributed by atoms with Gasteiger partial charge in [-0.2, -0.15) is 4.98 Å². The Bertz CT molecular complexity index is 903. The number of carbonyl (C=O) groups is 1. The second kappa shape index (κ2) is 6.15. The lowest BCUT2D eigenvalue weighted by Crippen LogP contribution is -2.17. The molecule has 3 aromatic rings. The largest absolute Gasteiger partial charge is 0.462 e. The van der Waals surface area contributed by atoms with E-state index in [0.717, 1.165) is 11.1 Å². The van der Waals surface area contributed by atoms with Gasteiger partial charge in [-0.1, -0.05) is 0 Å². The molecular formula is C16H18N6O2. The number of aromatic nitrogens is 4. The Morgan fingerprint density at radius 3 is 2.83 bits per heavy atom. The SMILES string of the molecule is CCOC(=O)c1cc(-c2ccn3nc(N)nc3c2)cnc1N(C)C. The summed E-state index contributed by atoms with van der Waals surface area (Å²) in [6, 6.07) is 5.47. The molecule has 0 spiro atoms. The molecule has 0 saturated heterocycles. The van der Waals surface area contributed by atoms with Crippen LogP contribution < -0.4 is 10.6 Å². The van der Waals surface area contributed by atoms with Crippen molar-refractivity contribution in [1.29, 1.82) is 0 Å². The lowest BCUT2D eigenvalue weighted by Gasteiger charge is -2.16. The molecule has 0 amide bonds. The summed E-state index contributed by atoms with van der Waals surface area (Å²) in [4.78, 5) is 22.6. The fraction of sp³-hybridized carbons (Fsp3) is 0.250. The zero-order valence-electron chi connectivity index (χ0n) is 13.7. The molecule has 8 heteroatoms. The molecule has 3 aromatic heterocycles. The molecule has 0 radical (unpaired) electrons. The van der Waals surface area contributed by atoms with Crippen molar-refractivity contribution >= 4 is 23.4 Å². The van der Waals surface area contributed by atoms with Crippen LogP contribution in [0.3, 0.4) is 0 Å². The summed E-state index contributed by atoms with van der Waals surface area (Å²) in [5.74, 6) is 0.369. The van der Waals surface area contributed by atoms with Gasteiger partial charge in [0.1, 0.15) is 11.4 Å². The number of nitrogens with two attached hydrogens (primary N) is 1. The van der Waals surface area contributed by atoms with Crippen LogP contribution in [0.4, 0.5) is 11.8 Å². The smallest absolute Gasteiger partial charge is 0.341 e. The van der Waals surface area contributed by atoms with Crippen LogP contribution in [-0.2, 0) is 4.74 Å². The standard InChI is InChI=1S/C16H18N6O2/c1-4-24-15(23)12-7-11(9-18-14(12)21(2)3)10-5-6-22-13(8-10)19-16(17)20-22/h5-9H,4H2,1-3H3,(H2,17,20). The first-order valence-electron chi connectivity index (χ1n) is 7.46. The molecule has 8 nitrogen and oxygen atoms in total. The maximum absolute atomic E-state index is 12.2. The minimum absolute atomic E-state index is 0.209. The first-order valence-corrected chi connectivity index (χ1v) is 7.46. The molecule has 0 bridgehead atoms. The third kappa shape index (κ3) is 2.85. The van der Waals surface area contributed by atoms with Crippen LogP contribution in [0.25, 0.3) is 16.8 Å². The average Bonchev–Trinajstić information content (AvgIpc) is 2.93. The number of rotatable bonds is 4. The molecule has 0 aliphatic rings. The van der Waals surface area contributed by atoms with Gasteiger partial charge in [-0.05, 0) is 30.7 Å². The summed E-state index contributed by atoms with van der Waals surface area (Å²) >= 11 is 0. The molecule has 0 atom stereocenters. The fourth-order valence-corrected chi connectivity index (χ4v) is 2.41. The molecule has 3 rings (SSSR count). The van der Waals surface area contributed by atoms with Crippen molar-refractivity contribution in [3.63, 3.8) is 0 Å². The van der Waals surface area contributed by atoms with Crippen molar-refractivity contribution in [2.75, 3.05) is 31.3 Å². The lowest BCUT2D eigenvalue weighted by atomic mass is 10.1. The summed E-state index contributed by atoms with van der Waals surface area (Å²) in [5.41, 5.74) is 8.29. The van der Waals surface area contributed by atoms with Gasteiger partial charge in [0.05, 0.1) is 6.61 Å². The van der Waals surface area contributed by atoms with E-state index in [2.05, 4.69) is 15.1 Å². The van der Waals surface area contributed by atoms with E-state index in [1.807, 2.05) is 26.2 Å². The second-order valence-corrected chi connectivity index (χ2v) is 5.40. The van der Waals surface area contributed by atoms with Crippen molar-refractivity contribution in [3.8, 4) is 11.1 Å². The Balaban J connectivity index is 2.09. The maximum Gasteiger partial charge on any atom is 0.341 e. The highest BCUT2D eigenvalue weighted by atomic mass is 16.5. The number of pyridine rings is 2. The molecule has 0 aromatic carbocycles. The van der Waals surface area contributed by atoms with Gasteiger partial charge in [0.15, 0.2) is 5.65 Å². The molecule has 0 unspecified atom stereocenters. The van der Waals surface area contributed by atoms with E-state index in [1.54, 1.807) is 34.8 Å². The first-order chi connectivity index (χ1) is 11.5. The minimum atomic E-state index is -0.400. The van der Waals surface area contributed by atoms with Crippen LogP contribution in [0.2, 0.25) is 0 Å². The van der Waals surface area contributed by atoms with Crippen LogP contribution >= 0.6 is 0 Å². The molecule has 0 aliphatic carbocycles. The number of esters is 1. The van der Waals surface area contributed by atoms with Gasteiger partial charge in [-0.15, -0.1) is 5.10 Å². The van der Waals surface area contributed by atoms with Gasteiger partial charge in [0.25, 0.3) is 0 Å². The van der Waals surface area contributed by atoms with Crippen molar-refractivity contribution in [2.24, 2.45) is 0 Å². The number of nitrogen functional groups attached to an aromatic ring is 1. The van der Waals surface area contributed by atoms with Crippen molar-refractivity contribution in [2.45, 2.75) is 6.92 Å². The number of ether oxygens (including phenoxy) is 1. The van der Waals surface area contributed by atoms with E-state index < -0.39 is 5.97 Å². The highest BCUT2D eigenvalue weighted by Gasteiger charge is 2.17. The Morgan fingerprint density at radius 2 is 2.12 bits per heavy atom. The van der Waals surface area contributed by atoms with E-state index >= 15 is 0 Å². The molecular weight excluding hydrogens is 308 g/mol. The number of anilines is 2. The minimum Gasteiger partial charge on any atom is -0.462 e. The van der Waals surface area contributed by atoms with Crippen LogP contribution in [0.1, 0.15) is 17.3 Å². The van der Waals surface area contributed by atoms with Crippen LogP contribution in [0.15, 0.2) is 30.6 Å². The number of fused-ring (bicyclic) bond motifs is 1. The summed E-state index contributed by atoms with van der Waals surface area (Å²) in [7, 11) is 3.66. The zero-order valence-corrected chi connectivity index (χ0v) is 13.7. The molecule has 0 fully saturated rings. The summed E-state index contributed by atoms with van der Waals surface area (Å²) in [6.45, 7) is 2.08. The molecule has 3 heterocycles. The number of hydrogen-bond donors (Lipinski definition) is 1. The second-order valence-electron chi connectivity index (χ2n) is 5.40. The molecule has 2 N–H and O–H groups in total. The number of carbonyl (C=O) groups excluding carboxylic acids is 1. The van der Waals surface area contributed by atoms with E-state index in [1.165, 1.54) is 0 Å². The molecule has 0 aliphatic heterocycles. The third-order valence-electron chi connectivity index (χ3n) is 3.47. The van der Waals surface area contributed by atoms with E-state index in [4.69, 9.17) is 10.5 Å². The lowest BCUT2D eigenvalue weighted by molar-refractivity contribution is 0.0527. The molecule has 24 heavy (non-hydrogen) atoms. The average molecular weight is 326 g/mol. The Morgan fingerprint density at radius 1 is 1.33 bits per heavy atom. The molecule has 124 valence electrons. The normalized spacial score (nSPS) is 10.8. The quantitative estimate of drug-likeness (QED) is 0.727. The Hall–Kier alpha value is -3.16. The van der Waals surface area contributed by atoms with Crippen molar-refractivity contribution in [1.82, 2.24) is 19.6 Å². The fourth-order valence-electron chi connectivity index (χ4n) is 2.41. The van der Waals surface area contributed by atoms with Gasteiger partial charge in [-0.25, -0.2) is 14.3 Å². The predicted octanol–water partition coefficient (Wildman–Crippen LogP) is 1.62. The van der Waals surface area contributed by atoms with E-state index in [-0.39, 0.29) is 5.95 Å². The van der Waals surface area contributed by atoms with Gasteiger partial charge in [-0.3, -0.25) is 0 Å². The molecule has 0 saturated carbocycles.